The molecule has 1 rings (SSSR count). The van der Waals surface area contributed by atoms with Gasteiger partial charge in [-0.15, -0.1) is 0 Å². The third kappa shape index (κ3) is 5.18. The van der Waals surface area contributed by atoms with Crippen LogP contribution in [0.25, 0.3) is 0 Å². The maximum atomic E-state index is 8.58. The Bertz CT molecular complexity index is 277. The Kier molecular flexibility index (Phi) is 5.71. The highest BCUT2D eigenvalue weighted by molar-refractivity contribution is 14.1. The van der Waals surface area contributed by atoms with Crippen LogP contribution in [0, 0.1) is 3.57 Å². The number of nitrogens with two attached hydrogens (primary N) is 2. The molecule has 4 N–H and O–H groups in total. The fourth-order valence-corrected chi connectivity index (χ4v) is 1.24. The summed E-state index contributed by atoms with van der Waals surface area (Å²) in [5.41, 5.74) is 11.0. The monoisotopic (exact) mass is 306 g/mol. The van der Waals surface area contributed by atoms with Gasteiger partial charge in [-0.2, -0.15) is 0 Å². The summed E-state index contributed by atoms with van der Waals surface area (Å²) in [5.74, 6) is 0. The summed E-state index contributed by atoms with van der Waals surface area (Å²) in [4.78, 5) is 8.58. The van der Waals surface area contributed by atoms with E-state index in [0.717, 1.165) is 0 Å². The first-order valence-electron chi connectivity index (χ1n) is 4.12. The number of carbonyl (C=O) groups excluding carboxylic acids is 1. The van der Waals surface area contributed by atoms with E-state index < -0.39 is 0 Å². The summed E-state index contributed by atoms with van der Waals surface area (Å²) in [6, 6.07) is 8.29. The number of carbonyl (C=O) groups is 1. The zero-order valence-electron chi connectivity index (χ0n) is 8.33. The lowest BCUT2D eigenvalue weighted by Gasteiger charge is -2.18. The van der Waals surface area contributed by atoms with Gasteiger partial charge in [-0.3, -0.25) is 4.79 Å². The third-order valence-electron chi connectivity index (χ3n) is 1.59. The number of primary amides is 1. The molecule has 0 aliphatic rings. The van der Waals surface area contributed by atoms with Crippen LogP contribution < -0.4 is 11.5 Å². The number of halogens is 1. The molecular weight excluding hydrogens is 291 g/mol. The molecule has 0 fully saturated rings. The molecule has 14 heavy (non-hydrogen) atoms. The molecule has 1 amide bonds. The summed E-state index contributed by atoms with van der Waals surface area (Å²) in [5, 5.41) is 0. The van der Waals surface area contributed by atoms with Crippen LogP contribution in [-0.4, -0.2) is 6.41 Å². The molecule has 0 saturated carbocycles. The van der Waals surface area contributed by atoms with Crippen molar-refractivity contribution in [1.29, 1.82) is 0 Å². The van der Waals surface area contributed by atoms with Crippen LogP contribution in [0.5, 0.6) is 0 Å². The fourth-order valence-electron chi connectivity index (χ4n) is 0.879. The van der Waals surface area contributed by atoms with Crippen molar-refractivity contribution >= 4 is 29.0 Å². The van der Waals surface area contributed by atoms with E-state index in [4.69, 9.17) is 10.5 Å². The quantitative estimate of drug-likeness (QED) is 0.611. The normalized spacial score (nSPS) is 10.0. The summed E-state index contributed by atoms with van der Waals surface area (Å²) >= 11 is 2.28. The van der Waals surface area contributed by atoms with E-state index >= 15 is 0 Å². The van der Waals surface area contributed by atoms with E-state index in [2.05, 4.69) is 52.6 Å². The minimum atomic E-state index is -0.218. The van der Waals surface area contributed by atoms with Crippen molar-refractivity contribution < 1.29 is 4.79 Å². The van der Waals surface area contributed by atoms with Gasteiger partial charge in [0.2, 0.25) is 6.41 Å². The number of hydrogen-bond donors (Lipinski definition) is 2. The molecule has 0 unspecified atom stereocenters. The first kappa shape index (κ1) is 13.4. The van der Waals surface area contributed by atoms with E-state index in [1.54, 1.807) is 0 Å². The van der Waals surface area contributed by atoms with Crippen molar-refractivity contribution in [2.45, 2.75) is 19.4 Å². The van der Waals surface area contributed by atoms with Crippen LogP contribution in [0.2, 0.25) is 0 Å². The van der Waals surface area contributed by atoms with Crippen molar-refractivity contribution in [3.8, 4) is 0 Å². The van der Waals surface area contributed by atoms with Gasteiger partial charge in [0.25, 0.3) is 0 Å². The highest BCUT2D eigenvalue weighted by atomic mass is 127. The first-order valence-corrected chi connectivity index (χ1v) is 5.20. The highest BCUT2D eigenvalue weighted by Crippen LogP contribution is 2.17. The summed E-state index contributed by atoms with van der Waals surface area (Å²) in [6.45, 7) is 4.02. The van der Waals surface area contributed by atoms with Gasteiger partial charge in [0.05, 0.1) is 0 Å². The Balaban J connectivity index is 0.000000500. The van der Waals surface area contributed by atoms with Gasteiger partial charge in [-0.05, 0) is 54.1 Å². The minimum Gasteiger partial charge on any atom is -0.372 e. The van der Waals surface area contributed by atoms with E-state index in [1.807, 2.05) is 13.8 Å². The predicted molar refractivity (Wildman–Crippen MR) is 66.6 cm³/mol. The van der Waals surface area contributed by atoms with Crippen LogP contribution in [0.4, 0.5) is 0 Å². The number of benzene rings is 1. The van der Waals surface area contributed by atoms with Crippen molar-refractivity contribution in [3.63, 3.8) is 0 Å². The van der Waals surface area contributed by atoms with Crippen LogP contribution in [-0.2, 0) is 10.3 Å². The topological polar surface area (TPSA) is 69.1 Å². The van der Waals surface area contributed by atoms with Crippen LogP contribution in [0.1, 0.15) is 19.4 Å². The van der Waals surface area contributed by atoms with Crippen molar-refractivity contribution in [2.75, 3.05) is 0 Å². The zero-order chi connectivity index (χ0) is 11.2. The summed E-state index contributed by atoms with van der Waals surface area (Å²) in [7, 11) is 0. The lowest BCUT2D eigenvalue weighted by Crippen LogP contribution is -2.28. The molecule has 0 bridgehead atoms. The second-order valence-corrected chi connectivity index (χ2v) is 4.61. The third-order valence-corrected chi connectivity index (χ3v) is 2.31. The van der Waals surface area contributed by atoms with Crippen LogP contribution >= 0.6 is 22.6 Å². The second-order valence-electron chi connectivity index (χ2n) is 3.36. The van der Waals surface area contributed by atoms with E-state index in [-0.39, 0.29) is 11.9 Å². The van der Waals surface area contributed by atoms with Crippen molar-refractivity contribution in [3.05, 3.63) is 33.4 Å². The molecule has 0 heterocycles. The number of hydrogen-bond acceptors (Lipinski definition) is 2. The molecule has 0 aliphatic carbocycles. The molecule has 1 aromatic rings. The largest absolute Gasteiger partial charge is 0.372 e. The maximum absolute atomic E-state index is 8.58. The molecule has 78 valence electrons. The molecule has 1 aromatic carbocycles. The molecular formula is C10H15IN2O. The number of rotatable bonds is 1. The molecule has 4 heteroatoms. The van der Waals surface area contributed by atoms with Gasteiger partial charge in [0.1, 0.15) is 0 Å². The predicted octanol–water partition coefficient (Wildman–Crippen LogP) is 1.59. The van der Waals surface area contributed by atoms with E-state index in [1.165, 1.54) is 9.13 Å². The average molecular weight is 306 g/mol. The van der Waals surface area contributed by atoms with Gasteiger partial charge in [0.15, 0.2) is 0 Å². The number of amides is 1. The fraction of sp³-hybridized carbons (Fsp3) is 0.300. The SMILES string of the molecule is CC(C)(N)c1ccc(I)cc1.NC=O. The van der Waals surface area contributed by atoms with Gasteiger partial charge in [-0.25, -0.2) is 0 Å². The van der Waals surface area contributed by atoms with E-state index in [9.17, 15) is 0 Å². The van der Waals surface area contributed by atoms with Gasteiger partial charge in [0, 0.05) is 9.11 Å². The molecule has 0 atom stereocenters. The first-order chi connectivity index (χ1) is 6.41. The standard InChI is InChI=1S/C9H12IN.CH3NO/c1-9(2,11)7-3-5-8(10)6-4-7;2-1-3/h3-6H,11H2,1-2H3;1H,(H2,2,3). The van der Waals surface area contributed by atoms with Crippen molar-refractivity contribution in [2.24, 2.45) is 11.5 Å². The molecule has 0 radical (unpaired) electrons. The Hall–Kier alpha value is -0.620. The Morgan fingerprint density at radius 2 is 1.64 bits per heavy atom. The summed E-state index contributed by atoms with van der Waals surface area (Å²) < 4.78 is 1.25. The van der Waals surface area contributed by atoms with E-state index in [0.29, 0.717) is 0 Å². The molecule has 3 nitrogen and oxygen atoms in total. The maximum Gasteiger partial charge on any atom is 0.204 e. The van der Waals surface area contributed by atoms with Gasteiger partial charge in [-0.1, -0.05) is 12.1 Å². The highest BCUT2D eigenvalue weighted by Gasteiger charge is 2.12. The molecule has 0 aromatic heterocycles. The average Bonchev–Trinajstić information content (AvgIpc) is 2.04. The molecule has 0 spiro atoms. The van der Waals surface area contributed by atoms with Crippen LogP contribution in [0.3, 0.4) is 0 Å². The minimum absolute atomic E-state index is 0.218. The van der Waals surface area contributed by atoms with Gasteiger partial charge >= 0.3 is 0 Å². The lowest BCUT2D eigenvalue weighted by atomic mass is 9.96. The summed E-state index contributed by atoms with van der Waals surface area (Å²) in [6.07, 6.45) is 0.250. The molecule has 0 aliphatic heterocycles. The molecule has 0 saturated heterocycles. The van der Waals surface area contributed by atoms with Crippen LogP contribution in [0.15, 0.2) is 24.3 Å². The lowest BCUT2D eigenvalue weighted by molar-refractivity contribution is -0.106. The van der Waals surface area contributed by atoms with Crippen molar-refractivity contribution in [1.82, 2.24) is 0 Å². The smallest absolute Gasteiger partial charge is 0.204 e. The Labute approximate surface area is 98.0 Å². The Morgan fingerprint density at radius 1 is 1.29 bits per heavy atom. The zero-order valence-corrected chi connectivity index (χ0v) is 10.5. The Morgan fingerprint density at radius 3 is 1.93 bits per heavy atom. The van der Waals surface area contributed by atoms with Gasteiger partial charge < -0.3 is 11.5 Å². The second kappa shape index (κ2) is 5.98.